The molecule has 5 nitrogen and oxygen atoms in total. The highest BCUT2D eigenvalue weighted by molar-refractivity contribution is 7.97. The van der Waals surface area contributed by atoms with E-state index in [1.165, 1.54) is 12.8 Å². The average Bonchev–Trinajstić information content (AvgIpc) is 2.63. The van der Waals surface area contributed by atoms with Crippen molar-refractivity contribution in [3.63, 3.8) is 0 Å². The number of aldehydes is 1. The molecule has 130 valence electrons. The molecule has 1 amide bonds. The molecule has 3 fully saturated rings. The van der Waals surface area contributed by atoms with Crippen LogP contribution in [0.3, 0.4) is 0 Å². The Balaban J connectivity index is 1.36. The van der Waals surface area contributed by atoms with Gasteiger partial charge in [0.05, 0.1) is 0 Å². The molecule has 1 saturated carbocycles. The molecular formula is C17H29N3O2S. The molecule has 0 spiro atoms. The van der Waals surface area contributed by atoms with Crippen molar-refractivity contribution < 1.29 is 9.59 Å². The van der Waals surface area contributed by atoms with Crippen LogP contribution in [0.25, 0.3) is 0 Å². The van der Waals surface area contributed by atoms with Gasteiger partial charge in [-0.25, -0.2) is 4.31 Å². The van der Waals surface area contributed by atoms with E-state index >= 15 is 0 Å². The monoisotopic (exact) mass is 339 g/mol. The predicted octanol–water partition coefficient (Wildman–Crippen LogP) is 1.63. The molecule has 1 aliphatic carbocycles. The highest BCUT2D eigenvalue weighted by atomic mass is 32.2. The summed E-state index contributed by atoms with van der Waals surface area (Å²) < 4.78 is 2.54. The second-order valence-electron chi connectivity index (χ2n) is 7.12. The van der Waals surface area contributed by atoms with Gasteiger partial charge >= 0.3 is 0 Å². The number of amides is 1. The topological polar surface area (TPSA) is 43.9 Å². The molecule has 0 bridgehead atoms. The quantitative estimate of drug-likeness (QED) is 0.563. The molecule has 2 heterocycles. The van der Waals surface area contributed by atoms with E-state index in [1.54, 1.807) is 0 Å². The summed E-state index contributed by atoms with van der Waals surface area (Å²) in [5, 5.41) is 0.681. The van der Waals surface area contributed by atoms with Crippen molar-refractivity contribution in [3.05, 3.63) is 0 Å². The maximum Gasteiger partial charge on any atom is 0.209 e. The second-order valence-corrected chi connectivity index (χ2v) is 8.51. The Morgan fingerprint density at radius 1 is 0.783 bits per heavy atom. The molecule has 0 aromatic heterocycles. The Bertz CT molecular complexity index is 385. The molecule has 2 saturated heterocycles. The van der Waals surface area contributed by atoms with Crippen molar-refractivity contribution in [1.82, 2.24) is 14.1 Å². The summed E-state index contributed by atoms with van der Waals surface area (Å²) in [4.78, 5) is 26.2. The van der Waals surface area contributed by atoms with Crippen LogP contribution in [0, 0.1) is 5.92 Å². The van der Waals surface area contributed by atoms with Crippen molar-refractivity contribution >= 4 is 24.6 Å². The van der Waals surface area contributed by atoms with Gasteiger partial charge in [0.2, 0.25) is 6.41 Å². The summed E-state index contributed by atoms with van der Waals surface area (Å²) in [7, 11) is 0. The third-order valence-corrected chi connectivity index (χ3v) is 7.08. The Morgan fingerprint density at radius 2 is 1.43 bits per heavy atom. The van der Waals surface area contributed by atoms with Gasteiger partial charge in [0.15, 0.2) is 0 Å². The Kier molecular flexibility index (Phi) is 6.36. The average molecular weight is 340 g/mol. The van der Waals surface area contributed by atoms with Gasteiger partial charge in [-0.2, -0.15) is 0 Å². The van der Waals surface area contributed by atoms with Gasteiger partial charge in [0.1, 0.15) is 6.29 Å². The molecule has 23 heavy (non-hydrogen) atoms. The molecule has 0 aromatic carbocycles. The second kappa shape index (κ2) is 8.49. The summed E-state index contributed by atoms with van der Waals surface area (Å²) in [5.74, 6) is 0.320. The lowest BCUT2D eigenvalue weighted by molar-refractivity contribution is -0.118. The summed E-state index contributed by atoms with van der Waals surface area (Å²) in [6.07, 6.45) is 8.94. The number of hydrogen-bond acceptors (Lipinski definition) is 5. The van der Waals surface area contributed by atoms with Crippen molar-refractivity contribution in [1.29, 1.82) is 0 Å². The Morgan fingerprint density at radius 3 is 2.00 bits per heavy atom. The van der Waals surface area contributed by atoms with Crippen LogP contribution >= 0.6 is 11.9 Å². The van der Waals surface area contributed by atoms with Crippen LogP contribution in [-0.2, 0) is 9.59 Å². The van der Waals surface area contributed by atoms with E-state index in [9.17, 15) is 9.59 Å². The minimum Gasteiger partial charge on any atom is -0.345 e. The fourth-order valence-corrected chi connectivity index (χ4v) is 5.29. The van der Waals surface area contributed by atoms with Crippen LogP contribution in [-0.4, -0.2) is 77.4 Å². The van der Waals surface area contributed by atoms with Gasteiger partial charge < -0.3 is 9.69 Å². The summed E-state index contributed by atoms with van der Waals surface area (Å²) in [6, 6.07) is 0.703. The van der Waals surface area contributed by atoms with E-state index < -0.39 is 0 Å². The van der Waals surface area contributed by atoms with Crippen molar-refractivity contribution in [2.24, 2.45) is 5.92 Å². The van der Waals surface area contributed by atoms with E-state index in [2.05, 4.69) is 9.21 Å². The maximum absolute atomic E-state index is 10.9. The third-order valence-electron chi connectivity index (χ3n) is 5.65. The minimum absolute atomic E-state index is 0.320. The predicted molar refractivity (Wildman–Crippen MR) is 93.2 cm³/mol. The molecule has 0 N–H and O–H groups in total. The maximum atomic E-state index is 10.9. The van der Waals surface area contributed by atoms with Gasteiger partial charge in [-0.1, -0.05) is 11.9 Å². The Hall–Kier alpha value is -0.590. The lowest BCUT2D eigenvalue weighted by Crippen LogP contribution is -2.50. The van der Waals surface area contributed by atoms with Crippen LogP contribution in [0.2, 0.25) is 0 Å². The Labute approximate surface area is 143 Å². The van der Waals surface area contributed by atoms with E-state index in [0.717, 1.165) is 77.6 Å². The number of carbonyl (C=O) groups excluding carboxylic acids is 2. The van der Waals surface area contributed by atoms with Gasteiger partial charge in [-0.05, 0) is 38.5 Å². The number of hydrogen-bond donors (Lipinski definition) is 0. The van der Waals surface area contributed by atoms with Gasteiger partial charge in [0, 0.05) is 56.5 Å². The van der Waals surface area contributed by atoms with Crippen LogP contribution in [0.5, 0.6) is 0 Å². The standard InChI is InChI=1S/C17H29N3O2S/c21-13-15-1-3-16(4-2-15)19-9-11-20(12-10-19)23-17-5-7-18(14-22)8-6-17/h13-17H,1-12H2. The zero-order valence-electron chi connectivity index (χ0n) is 13.9. The zero-order valence-corrected chi connectivity index (χ0v) is 14.8. The van der Waals surface area contributed by atoms with Crippen LogP contribution < -0.4 is 0 Å². The summed E-state index contributed by atoms with van der Waals surface area (Å²) >= 11 is 2.02. The molecule has 0 aromatic rings. The number of piperidine rings is 1. The van der Waals surface area contributed by atoms with Crippen LogP contribution in [0.1, 0.15) is 38.5 Å². The van der Waals surface area contributed by atoms with E-state index in [0.29, 0.717) is 17.2 Å². The van der Waals surface area contributed by atoms with E-state index in [4.69, 9.17) is 0 Å². The molecule has 2 aliphatic heterocycles. The zero-order chi connectivity index (χ0) is 16.1. The lowest BCUT2D eigenvalue weighted by Gasteiger charge is -2.42. The number of piperazine rings is 1. The molecule has 6 heteroatoms. The van der Waals surface area contributed by atoms with Gasteiger partial charge in [-0.3, -0.25) is 9.69 Å². The number of carbonyl (C=O) groups is 2. The fourth-order valence-electron chi connectivity index (χ4n) is 4.07. The molecular weight excluding hydrogens is 310 g/mol. The minimum atomic E-state index is 0.320. The number of nitrogens with zero attached hydrogens (tertiary/aromatic N) is 3. The number of rotatable bonds is 5. The normalized spacial score (nSPS) is 31.9. The molecule has 3 rings (SSSR count). The first kappa shape index (κ1) is 17.2. The van der Waals surface area contributed by atoms with E-state index in [1.807, 2.05) is 16.8 Å². The molecule has 3 aliphatic rings. The largest absolute Gasteiger partial charge is 0.345 e. The SMILES string of the molecule is O=CC1CCC(N2CCN(SC3CCN(C=O)CC3)CC2)CC1. The fraction of sp³-hybridized carbons (Fsp3) is 0.882. The first-order valence-electron chi connectivity index (χ1n) is 9.09. The molecule has 0 unspecified atom stereocenters. The van der Waals surface area contributed by atoms with Gasteiger partial charge in [0.25, 0.3) is 0 Å². The summed E-state index contributed by atoms with van der Waals surface area (Å²) in [6.45, 7) is 6.45. The molecule has 0 atom stereocenters. The third kappa shape index (κ3) is 4.70. The highest BCUT2D eigenvalue weighted by Crippen LogP contribution is 2.30. The summed E-state index contributed by atoms with van der Waals surface area (Å²) in [5.41, 5.74) is 0. The van der Waals surface area contributed by atoms with Crippen LogP contribution in [0.4, 0.5) is 0 Å². The highest BCUT2D eigenvalue weighted by Gasteiger charge is 2.29. The lowest BCUT2D eigenvalue weighted by atomic mass is 9.86. The molecule has 0 radical (unpaired) electrons. The van der Waals surface area contributed by atoms with Crippen molar-refractivity contribution in [3.8, 4) is 0 Å². The van der Waals surface area contributed by atoms with Crippen molar-refractivity contribution in [2.45, 2.75) is 49.8 Å². The van der Waals surface area contributed by atoms with Crippen molar-refractivity contribution in [2.75, 3.05) is 39.3 Å². The first-order chi connectivity index (χ1) is 11.3. The first-order valence-corrected chi connectivity index (χ1v) is 9.92. The smallest absolute Gasteiger partial charge is 0.209 e. The van der Waals surface area contributed by atoms with Gasteiger partial charge in [-0.15, -0.1) is 0 Å². The van der Waals surface area contributed by atoms with Crippen LogP contribution in [0.15, 0.2) is 0 Å². The van der Waals surface area contributed by atoms with E-state index in [-0.39, 0.29) is 0 Å². The number of likely N-dealkylation sites (tertiary alicyclic amines) is 1.